The number of ether oxygens (including phenoxy) is 1. The molecule has 1 aromatic rings. The molecule has 0 saturated carbocycles. The Hall–Kier alpha value is -2.16. The molecule has 2 atom stereocenters. The summed E-state index contributed by atoms with van der Waals surface area (Å²) in [5.41, 5.74) is 0.781. The van der Waals surface area contributed by atoms with Crippen molar-refractivity contribution in [2.24, 2.45) is 32.4 Å². The number of amidine groups is 1. The molecule has 0 amide bonds. The van der Waals surface area contributed by atoms with Gasteiger partial charge in [0.2, 0.25) is 5.84 Å². The van der Waals surface area contributed by atoms with Gasteiger partial charge in [0.15, 0.2) is 0 Å². The number of nitrogens with one attached hydrogen (secondary N) is 1. The molecule has 0 fully saturated rings. The number of rotatable bonds is 5. The van der Waals surface area contributed by atoms with Gasteiger partial charge in [-0.3, -0.25) is 4.72 Å². The van der Waals surface area contributed by atoms with Gasteiger partial charge in [-0.05, 0) is 24.0 Å². The van der Waals surface area contributed by atoms with Gasteiger partial charge in [-0.15, -0.1) is 9.51 Å². The van der Waals surface area contributed by atoms with Gasteiger partial charge in [-0.2, -0.15) is 8.42 Å². The van der Waals surface area contributed by atoms with Crippen LogP contribution in [0.15, 0.2) is 32.9 Å². The van der Waals surface area contributed by atoms with Crippen LogP contribution in [0.3, 0.4) is 0 Å². The minimum atomic E-state index is -3.86. The average Bonchev–Trinajstić information content (AvgIpc) is 2.50. The van der Waals surface area contributed by atoms with Crippen molar-refractivity contribution in [3.8, 4) is 5.75 Å². The summed E-state index contributed by atoms with van der Waals surface area (Å²) in [5, 5.41) is 6.76. The molecule has 8 nitrogen and oxygen atoms in total. The fourth-order valence-electron chi connectivity index (χ4n) is 2.20. The third kappa shape index (κ3) is 3.98. The van der Waals surface area contributed by atoms with Crippen molar-refractivity contribution in [1.29, 1.82) is 0 Å². The molecule has 2 unspecified atom stereocenters. The fourth-order valence-corrected chi connectivity index (χ4v) is 3.05. The zero-order chi connectivity index (χ0) is 17.0. The van der Waals surface area contributed by atoms with Gasteiger partial charge < -0.3 is 10.6 Å². The quantitative estimate of drug-likeness (QED) is 0.486. The van der Waals surface area contributed by atoms with Gasteiger partial charge in [0.1, 0.15) is 5.75 Å². The Bertz CT molecular complexity index is 730. The van der Waals surface area contributed by atoms with E-state index in [0.29, 0.717) is 35.4 Å². The van der Waals surface area contributed by atoms with Crippen LogP contribution in [0.5, 0.6) is 5.75 Å². The van der Waals surface area contributed by atoms with E-state index in [1.807, 2.05) is 0 Å². The van der Waals surface area contributed by atoms with Crippen molar-refractivity contribution in [2.75, 3.05) is 11.3 Å². The molecule has 2 rings (SSSR count). The van der Waals surface area contributed by atoms with Gasteiger partial charge in [0.05, 0.1) is 17.9 Å². The molecule has 0 aromatic heterocycles. The Labute approximate surface area is 136 Å². The van der Waals surface area contributed by atoms with E-state index in [4.69, 9.17) is 10.6 Å². The number of anilines is 1. The Morgan fingerprint density at radius 1 is 1.35 bits per heavy atom. The lowest BCUT2D eigenvalue weighted by Crippen LogP contribution is -2.22. The second-order valence-corrected chi connectivity index (χ2v) is 6.90. The van der Waals surface area contributed by atoms with Crippen LogP contribution in [0.2, 0.25) is 0 Å². The summed E-state index contributed by atoms with van der Waals surface area (Å²) >= 11 is 0. The van der Waals surface area contributed by atoms with E-state index in [0.717, 1.165) is 6.42 Å². The van der Waals surface area contributed by atoms with Gasteiger partial charge >= 0.3 is 10.2 Å². The molecule has 0 radical (unpaired) electrons. The molecule has 0 bridgehead atoms. The first-order valence-corrected chi connectivity index (χ1v) is 8.81. The predicted octanol–water partition coefficient (Wildman–Crippen LogP) is 2.49. The van der Waals surface area contributed by atoms with Gasteiger partial charge in [0, 0.05) is 0 Å². The normalized spacial score (nSPS) is 18.7. The van der Waals surface area contributed by atoms with Crippen molar-refractivity contribution in [1.82, 2.24) is 0 Å². The smallest absolute Gasteiger partial charge is 0.344 e. The molecule has 0 aliphatic carbocycles. The second-order valence-electron chi connectivity index (χ2n) is 5.56. The lowest BCUT2D eigenvalue weighted by molar-refractivity contribution is 0.212. The van der Waals surface area contributed by atoms with Crippen LogP contribution in [0.25, 0.3) is 0 Å². The van der Waals surface area contributed by atoms with Crippen molar-refractivity contribution < 1.29 is 13.2 Å². The fraction of sp³-hybridized carbons (Fsp3) is 0.500. The number of nitrogens with zero attached hydrogens (tertiary/aromatic N) is 3. The van der Waals surface area contributed by atoms with E-state index in [-0.39, 0.29) is 5.84 Å². The maximum atomic E-state index is 11.7. The van der Waals surface area contributed by atoms with Crippen LogP contribution >= 0.6 is 0 Å². The third-order valence-corrected chi connectivity index (χ3v) is 4.86. The van der Waals surface area contributed by atoms with E-state index >= 15 is 0 Å². The standard InChI is InChI=1S/C14H21N5O3S/c1-4-9(2)10(3)8-22-12-7-5-6-11-13(12)14(16-19-15)18-23(20,21)17-11/h5-7,9-10,17H,4,8H2,1-3H3,(H2,15,16,18). The van der Waals surface area contributed by atoms with Gasteiger partial charge in [-0.25, -0.2) is 0 Å². The van der Waals surface area contributed by atoms with Crippen molar-refractivity contribution in [3.63, 3.8) is 0 Å². The highest BCUT2D eigenvalue weighted by Gasteiger charge is 2.26. The number of fused-ring (bicyclic) bond motifs is 1. The zero-order valence-corrected chi connectivity index (χ0v) is 14.2. The van der Waals surface area contributed by atoms with Crippen LogP contribution in [0.1, 0.15) is 32.8 Å². The number of benzene rings is 1. The van der Waals surface area contributed by atoms with Crippen LogP contribution in [0, 0.1) is 11.8 Å². The van der Waals surface area contributed by atoms with E-state index < -0.39 is 10.2 Å². The van der Waals surface area contributed by atoms with Gasteiger partial charge in [0.25, 0.3) is 0 Å². The maximum Gasteiger partial charge on any atom is 0.344 e. The van der Waals surface area contributed by atoms with Crippen LogP contribution < -0.4 is 15.3 Å². The molecule has 126 valence electrons. The maximum absolute atomic E-state index is 11.7. The Morgan fingerprint density at radius 3 is 2.74 bits per heavy atom. The third-order valence-electron chi connectivity index (χ3n) is 3.96. The van der Waals surface area contributed by atoms with Crippen molar-refractivity contribution >= 4 is 21.7 Å². The summed E-state index contributed by atoms with van der Waals surface area (Å²) in [6, 6.07) is 5.05. The molecule has 1 heterocycles. The first-order chi connectivity index (χ1) is 10.9. The second kappa shape index (κ2) is 6.95. The van der Waals surface area contributed by atoms with E-state index in [2.05, 4.69) is 40.2 Å². The molecule has 0 spiro atoms. The summed E-state index contributed by atoms with van der Waals surface area (Å²) < 4.78 is 35.2. The highest BCUT2D eigenvalue weighted by atomic mass is 32.2. The Morgan fingerprint density at radius 2 is 2.09 bits per heavy atom. The molecule has 3 N–H and O–H groups in total. The van der Waals surface area contributed by atoms with Crippen LogP contribution in [0.4, 0.5) is 5.69 Å². The lowest BCUT2D eigenvalue weighted by atomic mass is 9.94. The topological polar surface area (TPSA) is 118 Å². The number of hydrogen-bond acceptors (Lipinski definition) is 5. The molecule has 1 aromatic carbocycles. The highest BCUT2D eigenvalue weighted by molar-refractivity contribution is 7.91. The summed E-state index contributed by atoms with van der Waals surface area (Å²) in [7, 11) is -3.86. The van der Waals surface area contributed by atoms with Gasteiger partial charge in [-0.1, -0.05) is 38.5 Å². The molecule has 23 heavy (non-hydrogen) atoms. The molecule has 9 heteroatoms. The van der Waals surface area contributed by atoms with Crippen LogP contribution in [-0.4, -0.2) is 20.9 Å². The first-order valence-electron chi connectivity index (χ1n) is 7.37. The van der Waals surface area contributed by atoms with Crippen LogP contribution in [-0.2, 0) is 10.2 Å². The van der Waals surface area contributed by atoms with E-state index in [1.54, 1.807) is 18.2 Å². The monoisotopic (exact) mass is 339 g/mol. The number of nitrogens with two attached hydrogens (primary N) is 1. The molecule has 0 saturated heterocycles. The Kier molecular flexibility index (Phi) is 5.19. The molecule has 1 aliphatic heterocycles. The molecule has 1 aliphatic rings. The summed E-state index contributed by atoms with van der Waals surface area (Å²) in [4.78, 5) is 0. The largest absolute Gasteiger partial charge is 0.492 e. The van der Waals surface area contributed by atoms with E-state index in [1.165, 1.54) is 0 Å². The summed E-state index contributed by atoms with van der Waals surface area (Å²) in [6.45, 7) is 6.91. The first kappa shape index (κ1) is 17.2. The summed E-state index contributed by atoms with van der Waals surface area (Å²) in [5.74, 6) is 6.33. The predicted molar refractivity (Wildman–Crippen MR) is 88.7 cm³/mol. The number of hydrogen-bond donors (Lipinski definition) is 2. The van der Waals surface area contributed by atoms with Crippen molar-refractivity contribution in [2.45, 2.75) is 27.2 Å². The zero-order valence-electron chi connectivity index (χ0n) is 13.4. The lowest BCUT2D eigenvalue weighted by Gasteiger charge is -2.22. The average molecular weight is 339 g/mol. The summed E-state index contributed by atoms with van der Waals surface area (Å²) in [6.07, 6.45) is 1.06. The molecular formula is C14H21N5O3S. The van der Waals surface area contributed by atoms with E-state index in [9.17, 15) is 8.42 Å². The van der Waals surface area contributed by atoms with Crippen molar-refractivity contribution in [3.05, 3.63) is 23.8 Å². The highest BCUT2D eigenvalue weighted by Crippen LogP contribution is 2.32. The Balaban J connectivity index is 2.34. The minimum absolute atomic E-state index is 0.0898. The minimum Gasteiger partial charge on any atom is -0.492 e. The SMILES string of the molecule is CCC(C)C(C)COc1cccc2c1C(N=NN)=NS(=O)(=O)N2. The molecular weight excluding hydrogens is 318 g/mol.